The number of carbonyl (C=O) groups is 3. The summed E-state index contributed by atoms with van der Waals surface area (Å²) < 4.78 is 11.4. The van der Waals surface area contributed by atoms with Crippen LogP contribution in [0.3, 0.4) is 0 Å². The maximum Gasteiger partial charge on any atom is 0.327 e. The molecule has 8 nitrogen and oxygen atoms in total. The van der Waals surface area contributed by atoms with Gasteiger partial charge in [-0.3, -0.25) is 14.5 Å². The minimum absolute atomic E-state index is 0.243. The lowest BCUT2D eigenvalue weighted by Crippen LogP contribution is -2.49. The highest BCUT2D eigenvalue weighted by atomic mass is 16.5. The average Bonchev–Trinajstić information content (AvgIpc) is 3.05. The van der Waals surface area contributed by atoms with Gasteiger partial charge in [-0.25, -0.2) is 4.79 Å². The van der Waals surface area contributed by atoms with E-state index in [0.717, 1.165) is 35.3 Å². The number of benzene rings is 2. The third-order valence-electron chi connectivity index (χ3n) is 7.09. The van der Waals surface area contributed by atoms with Crippen molar-refractivity contribution in [2.75, 3.05) is 27.7 Å². The Morgan fingerprint density at radius 1 is 1.00 bits per heavy atom. The molecule has 1 aliphatic heterocycles. The summed E-state index contributed by atoms with van der Waals surface area (Å²) in [5.41, 5.74) is 1.12. The molecular weight excluding hydrogens is 446 g/mol. The van der Waals surface area contributed by atoms with Crippen LogP contribution in [-0.2, 0) is 22.7 Å². The first-order chi connectivity index (χ1) is 16.9. The second-order valence-electron chi connectivity index (χ2n) is 9.33. The van der Waals surface area contributed by atoms with Crippen LogP contribution in [0.5, 0.6) is 11.5 Å². The summed E-state index contributed by atoms with van der Waals surface area (Å²) in [6, 6.07) is 15.0. The lowest BCUT2D eigenvalue weighted by atomic mass is 9.81. The van der Waals surface area contributed by atoms with E-state index in [1.807, 2.05) is 48.5 Å². The fraction of sp³-hybridized carbons (Fsp3) is 0.444. The van der Waals surface area contributed by atoms with Gasteiger partial charge >= 0.3 is 6.03 Å². The van der Waals surface area contributed by atoms with E-state index < -0.39 is 5.54 Å². The van der Waals surface area contributed by atoms with Crippen LogP contribution in [-0.4, -0.2) is 65.8 Å². The van der Waals surface area contributed by atoms with Gasteiger partial charge in [-0.1, -0.05) is 55.7 Å². The smallest absolute Gasteiger partial charge is 0.327 e. The van der Waals surface area contributed by atoms with E-state index in [0.29, 0.717) is 37.5 Å². The molecule has 0 aromatic heterocycles. The largest absolute Gasteiger partial charge is 0.493 e. The number of nitrogens with zero attached hydrogens (tertiary/aromatic N) is 3. The van der Waals surface area contributed by atoms with Gasteiger partial charge in [0.1, 0.15) is 18.7 Å². The number of ether oxygens (including phenoxy) is 2. The Hall–Kier alpha value is -3.55. The summed E-state index contributed by atoms with van der Waals surface area (Å²) in [5, 5.41) is 0. The van der Waals surface area contributed by atoms with Crippen molar-refractivity contribution in [2.24, 2.45) is 0 Å². The van der Waals surface area contributed by atoms with Gasteiger partial charge in [0.2, 0.25) is 5.91 Å². The molecule has 0 unspecified atom stereocenters. The first-order valence-electron chi connectivity index (χ1n) is 12.0. The van der Waals surface area contributed by atoms with E-state index in [9.17, 15) is 14.4 Å². The number of carbonyl (C=O) groups excluding carboxylic acids is 3. The third-order valence-corrected chi connectivity index (χ3v) is 7.09. The van der Waals surface area contributed by atoms with Crippen molar-refractivity contribution in [1.29, 1.82) is 0 Å². The van der Waals surface area contributed by atoms with Crippen molar-refractivity contribution in [1.82, 2.24) is 14.7 Å². The van der Waals surface area contributed by atoms with Crippen LogP contribution in [0.25, 0.3) is 0 Å². The zero-order valence-electron chi connectivity index (χ0n) is 20.7. The SMILES string of the molecule is COc1cc(CN(C)C(=O)CN2C(=O)N(C)C3(CCCCC3)C2=O)ccc1OCc1ccccc1. The van der Waals surface area contributed by atoms with Gasteiger partial charge in [0, 0.05) is 20.6 Å². The molecule has 0 bridgehead atoms. The molecule has 35 heavy (non-hydrogen) atoms. The van der Waals surface area contributed by atoms with Crippen molar-refractivity contribution >= 4 is 17.8 Å². The number of amides is 4. The number of rotatable bonds is 8. The topological polar surface area (TPSA) is 79.4 Å². The van der Waals surface area contributed by atoms with Crippen LogP contribution in [0.4, 0.5) is 4.79 Å². The standard InChI is InChI=1S/C27H33N3O5/c1-28(24(31)18-30-25(32)27(29(2)26(30)33)14-8-5-9-15-27)17-21-12-13-22(23(16-21)34-3)35-19-20-10-6-4-7-11-20/h4,6-7,10-13,16H,5,8-9,14-15,17-19H2,1-3H3. The van der Waals surface area contributed by atoms with Gasteiger partial charge in [0.05, 0.1) is 7.11 Å². The summed E-state index contributed by atoms with van der Waals surface area (Å²) in [4.78, 5) is 43.1. The van der Waals surface area contributed by atoms with E-state index in [-0.39, 0.29) is 24.4 Å². The zero-order chi connectivity index (χ0) is 25.0. The van der Waals surface area contributed by atoms with Gasteiger partial charge in [0.15, 0.2) is 11.5 Å². The molecule has 0 atom stereocenters. The van der Waals surface area contributed by atoms with Crippen molar-refractivity contribution in [2.45, 2.75) is 50.8 Å². The van der Waals surface area contributed by atoms with Crippen LogP contribution in [0.2, 0.25) is 0 Å². The quantitative estimate of drug-likeness (QED) is 0.538. The molecule has 2 aliphatic rings. The molecular formula is C27H33N3O5. The van der Waals surface area contributed by atoms with Gasteiger partial charge in [-0.05, 0) is 36.1 Å². The maximum atomic E-state index is 13.2. The summed E-state index contributed by atoms with van der Waals surface area (Å²) in [7, 11) is 4.92. The molecule has 0 radical (unpaired) electrons. The normalized spacial score (nSPS) is 17.1. The molecule has 1 saturated heterocycles. The minimum atomic E-state index is -0.781. The summed E-state index contributed by atoms with van der Waals surface area (Å²) in [6.07, 6.45) is 4.22. The molecule has 1 saturated carbocycles. The number of imide groups is 1. The first kappa shape index (κ1) is 24.6. The van der Waals surface area contributed by atoms with Crippen molar-refractivity contribution < 1.29 is 23.9 Å². The van der Waals surface area contributed by atoms with Crippen molar-refractivity contribution in [3.05, 3.63) is 59.7 Å². The second-order valence-corrected chi connectivity index (χ2v) is 9.33. The van der Waals surface area contributed by atoms with Crippen LogP contribution >= 0.6 is 0 Å². The van der Waals surface area contributed by atoms with Crippen LogP contribution < -0.4 is 9.47 Å². The van der Waals surface area contributed by atoms with Crippen molar-refractivity contribution in [3.63, 3.8) is 0 Å². The zero-order valence-corrected chi connectivity index (χ0v) is 20.7. The Balaban J connectivity index is 1.38. The number of hydrogen-bond acceptors (Lipinski definition) is 5. The monoisotopic (exact) mass is 479 g/mol. The van der Waals surface area contributed by atoms with E-state index in [1.165, 1.54) is 4.90 Å². The Morgan fingerprint density at radius 2 is 1.71 bits per heavy atom. The Labute approximate surface area is 206 Å². The summed E-state index contributed by atoms with van der Waals surface area (Å²) in [6.45, 7) is 0.476. The fourth-order valence-corrected chi connectivity index (χ4v) is 4.95. The number of hydrogen-bond donors (Lipinski definition) is 0. The third kappa shape index (κ3) is 4.97. The van der Waals surface area contributed by atoms with E-state index in [1.54, 1.807) is 26.1 Å². The van der Waals surface area contributed by atoms with Gasteiger partial charge in [0.25, 0.3) is 5.91 Å². The predicted molar refractivity (Wildman–Crippen MR) is 131 cm³/mol. The molecule has 2 aromatic carbocycles. The van der Waals surface area contributed by atoms with Gasteiger partial charge in [-0.2, -0.15) is 0 Å². The summed E-state index contributed by atoms with van der Waals surface area (Å²) >= 11 is 0. The average molecular weight is 480 g/mol. The molecule has 2 aromatic rings. The number of methoxy groups -OCH3 is 1. The lowest BCUT2D eigenvalue weighted by molar-refractivity contribution is -0.140. The highest BCUT2D eigenvalue weighted by Gasteiger charge is 2.55. The predicted octanol–water partition coefficient (Wildman–Crippen LogP) is 3.83. The van der Waals surface area contributed by atoms with Crippen molar-refractivity contribution in [3.8, 4) is 11.5 Å². The highest BCUT2D eigenvalue weighted by Crippen LogP contribution is 2.39. The summed E-state index contributed by atoms with van der Waals surface area (Å²) in [5.74, 6) is 0.651. The Kier molecular flexibility index (Phi) is 7.28. The first-order valence-corrected chi connectivity index (χ1v) is 12.0. The maximum absolute atomic E-state index is 13.2. The van der Waals surface area contributed by atoms with E-state index in [2.05, 4.69) is 0 Å². The molecule has 4 amide bonds. The molecule has 4 rings (SSSR count). The van der Waals surface area contributed by atoms with E-state index in [4.69, 9.17) is 9.47 Å². The van der Waals surface area contributed by atoms with Gasteiger partial charge < -0.3 is 19.3 Å². The number of likely N-dealkylation sites (N-methyl/N-ethyl adjacent to an activating group) is 2. The number of urea groups is 1. The molecule has 1 heterocycles. The molecule has 2 fully saturated rings. The Bertz CT molecular complexity index is 1080. The molecule has 1 spiro atoms. The molecule has 8 heteroatoms. The highest BCUT2D eigenvalue weighted by molar-refractivity contribution is 6.08. The minimum Gasteiger partial charge on any atom is -0.493 e. The Morgan fingerprint density at radius 3 is 2.40 bits per heavy atom. The van der Waals surface area contributed by atoms with Crippen LogP contribution in [0, 0.1) is 0 Å². The molecule has 1 aliphatic carbocycles. The molecule has 0 N–H and O–H groups in total. The fourth-order valence-electron chi connectivity index (χ4n) is 4.95. The van der Waals surface area contributed by atoms with Crippen LogP contribution in [0.15, 0.2) is 48.5 Å². The molecule has 186 valence electrons. The second kappa shape index (κ2) is 10.4. The van der Waals surface area contributed by atoms with Gasteiger partial charge in [-0.15, -0.1) is 0 Å². The van der Waals surface area contributed by atoms with E-state index >= 15 is 0 Å². The van der Waals surface area contributed by atoms with Crippen LogP contribution in [0.1, 0.15) is 43.2 Å². The lowest BCUT2D eigenvalue weighted by Gasteiger charge is -2.35.